The first-order chi connectivity index (χ1) is 13.1. The molecule has 0 aliphatic carbocycles. The minimum atomic E-state index is -4.24. The molecule has 1 aromatic rings. The van der Waals surface area contributed by atoms with Crippen LogP contribution in [-0.2, 0) is 10.0 Å². The van der Waals surface area contributed by atoms with Crippen molar-refractivity contribution in [3.63, 3.8) is 0 Å². The second-order valence-corrected chi connectivity index (χ2v) is 8.07. The van der Waals surface area contributed by atoms with Gasteiger partial charge in [-0.05, 0) is 19.1 Å². The number of hydrogen-bond acceptors (Lipinski definition) is 5. The zero-order chi connectivity index (χ0) is 20.8. The lowest BCUT2D eigenvalue weighted by atomic mass is 10.2. The zero-order valence-corrected chi connectivity index (χ0v) is 19.3. The Kier molecular flexibility index (Phi) is 10.0. The summed E-state index contributed by atoms with van der Waals surface area (Å²) in [4.78, 5) is 11.2. The topological polar surface area (TPSA) is 89.9 Å². The third-order valence-corrected chi connectivity index (χ3v) is 5.94. The number of sulfonamides is 1. The Bertz CT molecular complexity index is 756. The average Bonchev–Trinajstić information content (AvgIpc) is 2.68. The summed E-state index contributed by atoms with van der Waals surface area (Å²) in [6.45, 7) is 2.93. The first-order valence-corrected chi connectivity index (χ1v) is 10.3. The van der Waals surface area contributed by atoms with Crippen LogP contribution >= 0.6 is 24.0 Å². The van der Waals surface area contributed by atoms with Gasteiger partial charge >= 0.3 is 6.18 Å². The molecule has 0 saturated carbocycles. The summed E-state index contributed by atoms with van der Waals surface area (Å²) in [7, 11) is -2.06. The number of rotatable bonds is 6. The van der Waals surface area contributed by atoms with Crippen molar-refractivity contribution in [1.29, 1.82) is 0 Å². The molecule has 0 radical (unpaired) electrons. The highest BCUT2D eigenvalue weighted by molar-refractivity contribution is 14.0. The summed E-state index contributed by atoms with van der Waals surface area (Å²) in [5, 5.41) is 3.03. The fraction of sp³-hybridized carbons (Fsp3) is 0.625. The van der Waals surface area contributed by atoms with E-state index in [0.29, 0.717) is 19.0 Å². The van der Waals surface area contributed by atoms with Crippen molar-refractivity contribution in [3.8, 4) is 0 Å². The van der Waals surface area contributed by atoms with Gasteiger partial charge in [-0.15, -0.1) is 24.0 Å². The van der Waals surface area contributed by atoms with Crippen LogP contribution in [0.25, 0.3) is 0 Å². The minimum Gasteiger partial charge on any atom is -0.355 e. The number of halogens is 4. The van der Waals surface area contributed by atoms with Crippen molar-refractivity contribution in [2.45, 2.75) is 24.0 Å². The Morgan fingerprint density at radius 2 is 1.93 bits per heavy atom. The minimum absolute atomic E-state index is 0. The molecular weight excluding hydrogens is 524 g/mol. The molecule has 0 bridgehead atoms. The van der Waals surface area contributed by atoms with Gasteiger partial charge in [0.15, 0.2) is 5.96 Å². The molecule has 1 unspecified atom stereocenters. The van der Waals surface area contributed by atoms with E-state index in [2.05, 4.69) is 20.0 Å². The number of hydrogen-bond donors (Lipinski definition) is 2. The number of guanidine groups is 1. The number of piperazine rings is 1. The largest absolute Gasteiger partial charge is 0.403 e. The van der Waals surface area contributed by atoms with Gasteiger partial charge in [0.2, 0.25) is 10.0 Å². The highest BCUT2D eigenvalue weighted by Crippen LogP contribution is 2.25. The van der Waals surface area contributed by atoms with Crippen LogP contribution in [0, 0.1) is 0 Å². The highest BCUT2D eigenvalue weighted by Gasteiger charge is 2.41. The molecule has 1 aromatic heterocycles. The molecule has 0 aromatic carbocycles. The van der Waals surface area contributed by atoms with Crippen molar-refractivity contribution in [1.82, 2.24) is 24.8 Å². The third kappa shape index (κ3) is 7.53. The highest BCUT2D eigenvalue weighted by atomic mass is 127. The number of nitrogens with zero attached hydrogens (tertiary/aromatic N) is 4. The Morgan fingerprint density at radius 3 is 2.45 bits per heavy atom. The third-order valence-electron chi connectivity index (χ3n) is 4.49. The van der Waals surface area contributed by atoms with E-state index >= 15 is 0 Å². The van der Waals surface area contributed by atoms with Gasteiger partial charge in [-0.3, -0.25) is 14.9 Å². The molecule has 2 N–H and O–H groups in total. The lowest BCUT2D eigenvalue weighted by Gasteiger charge is -2.39. The summed E-state index contributed by atoms with van der Waals surface area (Å²) in [5.74, 6) is 0.528. The van der Waals surface area contributed by atoms with Crippen LogP contribution in [0.2, 0.25) is 0 Å². The number of aromatic nitrogens is 1. The molecule has 2 heterocycles. The van der Waals surface area contributed by atoms with E-state index < -0.39 is 22.2 Å². The van der Waals surface area contributed by atoms with Crippen molar-refractivity contribution in [2.75, 3.05) is 46.3 Å². The van der Waals surface area contributed by atoms with Crippen molar-refractivity contribution < 1.29 is 21.6 Å². The normalized spacial score (nSPS) is 17.6. The fourth-order valence-corrected chi connectivity index (χ4v) is 3.80. The summed E-state index contributed by atoms with van der Waals surface area (Å²) in [6.07, 6.45) is -1.50. The molecule has 1 aliphatic rings. The average molecular weight is 550 g/mol. The lowest BCUT2D eigenvalue weighted by molar-refractivity contribution is -0.181. The van der Waals surface area contributed by atoms with Crippen LogP contribution in [0.3, 0.4) is 0 Å². The van der Waals surface area contributed by atoms with E-state index in [1.807, 2.05) is 4.90 Å². The van der Waals surface area contributed by atoms with Crippen LogP contribution in [0.1, 0.15) is 6.92 Å². The predicted octanol–water partition coefficient (Wildman–Crippen LogP) is 1.12. The molecule has 1 aliphatic heterocycles. The first-order valence-electron chi connectivity index (χ1n) is 8.81. The van der Waals surface area contributed by atoms with E-state index in [1.165, 1.54) is 29.4 Å². The van der Waals surface area contributed by atoms with Crippen LogP contribution in [0.15, 0.2) is 34.4 Å². The maximum Gasteiger partial charge on any atom is 0.403 e. The molecule has 0 spiro atoms. The standard InChI is InChI=1S/C16H25F3N6O2S.HI/c1-13(16(17,18)19)24-8-10-25(11-9-24)15(20-2)22-6-7-23-28(26,27)14-4-3-5-21-12-14;/h3-5,12-13,23H,6-11H2,1-2H3,(H,20,22);1H. The summed E-state index contributed by atoms with van der Waals surface area (Å²) >= 11 is 0. The molecule has 1 fully saturated rings. The summed E-state index contributed by atoms with van der Waals surface area (Å²) < 4.78 is 65.2. The van der Waals surface area contributed by atoms with Gasteiger partial charge in [-0.2, -0.15) is 13.2 Å². The fourth-order valence-electron chi connectivity index (χ4n) is 2.81. The van der Waals surface area contributed by atoms with Gasteiger partial charge in [-0.1, -0.05) is 0 Å². The van der Waals surface area contributed by atoms with Gasteiger partial charge in [0, 0.05) is 58.7 Å². The lowest BCUT2D eigenvalue weighted by Crippen LogP contribution is -2.57. The van der Waals surface area contributed by atoms with Crippen molar-refractivity contribution in [3.05, 3.63) is 24.5 Å². The quantitative estimate of drug-likeness (QED) is 0.239. The van der Waals surface area contributed by atoms with Gasteiger partial charge in [0.25, 0.3) is 0 Å². The van der Waals surface area contributed by atoms with Gasteiger partial charge in [-0.25, -0.2) is 13.1 Å². The van der Waals surface area contributed by atoms with Crippen LogP contribution in [-0.4, -0.2) is 87.7 Å². The van der Waals surface area contributed by atoms with E-state index in [0.717, 1.165) is 6.92 Å². The molecule has 1 atom stereocenters. The van der Waals surface area contributed by atoms with E-state index in [9.17, 15) is 21.6 Å². The SMILES string of the molecule is CN=C(NCCNS(=O)(=O)c1cccnc1)N1CCN(C(C)C(F)(F)F)CC1.I. The smallest absolute Gasteiger partial charge is 0.355 e. The number of pyridine rings is 1. The van der Waals surface area contributed by atoms with Crippen LogP contribution in [0.4, 0.5) is 13.2 Å². The zero-order valence-electron chi connectivity index (χ0n) is 16.2. The first kappa shape index (κ1) is 25.8. The van der Waals surface area contributed by atoms with Crippen molar-refractivity contribution >= 4 is 40.0 Å². The van der Waals surface area contributed by atoms with E-state index in [4.69, 9.17) is 0 Å². The molecule has 1 saturated heterocycles. The van der Waals surface area contributed by atoms with Crippen LogP contribution in [0.5, 0.6) is 0 Å². The van der Waals surface area contributed by atoms with Crippen molar-refractivity contribution in [2.24, 2.45) is 4.99 Å². The summed E-state index contributed by atoms with van der Waals surface area (Å²) in [5.41, 5.74) is 0. The Hall–Kier alpha value is -1.19. The van der Waals surface area contributed by atoms with Gasteiger partial charge < -0.3 is 10.2 Å². The molecule has 166 valence electrons. The monoisotopic (exact) mass is 550 g/mol. The van der Waals surface area contributed by atoms with E-state index in [-0.39, 0.29) is 55.1 Å². The number of alkyl halides is 3. The Morgan fingerprint density at radius 1 is 1.28 bits per heavy atom. The number of nitrogens with one attached hydrogen (secondary N) is 2. The molecule has 2 rings (SSSR count). The van der Waals surface area contributed by atoms with Gasteiger partial charge in [0.1, 0.15) is 10.9 Å². The molecule has 29 heavy (non-hydrogen) atoms. The molecular formula is C16H26F3IN6O2S. The number of aliphatic imine (C=N–C) groups is 1. The maximum atomic E-state index is 12.8. The molecule has 0 amide bonds. The Labute approximate surface area is 186 Å². The second kappa shape index (κ2) is 11.3. The maximum absolute atomic E-state index is 12.8. The predicted molar refractivity (Wildman–Crippen MR) is 115 cm³/mol. The Balaban J connectivity index is 0.00000420. The molecule has 13 heteroatoms. The van der Waals surface area contributed by atoms with Gasteiger partial charge in [0.05, 0.1) is 0 Å². The molecule has 8 nitrogen and oxygen atoms in total. The van der Waals surface area contributed by atoms with E-state index in [1.54, 1.807) is 7.05 Å². The summed E-state index contributed by atoms with van der Waals surface area (Å²) in [6, 6.07) is 1.50. The second-order valence-electron chi connectivity index (χ2n) is 6.30. The van der Waals surface area contributed by atoms with Crippen LogP contribution < -0.4 is 10.0 Å².